The normalized spacial score (nSPS) is 21.3. The zero-order valence-corrected chi connectivity index (χ0v) is 11.6. The summed E-state index contributed by atoms with van der Waals surface area (Å²) in [6, 6.07) is 3.01. The van der Waals surface area contributed by atoms with Gasteiger partial charge in [0.2, 0.25) is 0 Å². The zero-order valence-electron chi connectivity index (χ0n) is 10.7. The third-order valence-electron chi connectivity index (χ3n) is 3.35. The molecule has 7 heteroatoms. The van der Waals surface area contributed by atoms with E-state index in [9.17, 15) is 13.2 Å². The van der Waals surface area contributed by atoms with Gasteiger partial charge in [0.15, 0.2) is 9.84 Å². The van der Waals surface area contributed by atoms with Gasteiger partial charge in [-0.1, -0.05) is 0 Å². The summed E-state index contributed by atoms with van der Waals surface area (Å²) in [6.45, 7) is 0.267. The minimum Gasteiger partial charge on any atom is -0.338 e. The first-order valence-corrected chi connectivity index (χ1v) is 7.87. The minimum absolute atomic E-state index is 0.0457. The molecule has 1 aliphatic rings. The average molecular weight is 283 g/mol. The highest BCUT2D eigenvalue weighted by Gasteiger charge is 2.33. The molecular weight excluding hydrogens is 266 g/mol. The van der Waals surface area contributed by atoms with Gasteiger partial charge in [0.1, 0.15) is 0 Å². The molecule has 1 saturated heterocycles. The van der Waals surface area contributed by atoms with Crippen LogP contribution in [-0.2, 0) is 16.4 Å². The lowest BCUT2D eigenvalue weighted by molar-refractivity contribution is 0.0747. The van der Waals surface area contributed by atoms with Gasteiger partial charge in [-0.2, -0.15) is 0 Å². The van der Waals surface area contributed by atoms with Crippen molar-refractivity contribution in [1.29, 1.82) is 0 Å². The molecule has 0 spiro atoms. The second-order valence-electron chi connectivity index (χ2n) is 4.71. The Labute approximate surface area is 112 Å². The van der Waals surface area contributed by atoms with Crippen LogP contribution in [0.1, 0.15) is 22.5 Å². The summed E-state index contributed by atoms with van der Waals surface area (Å²) in [5, 5.41) is 0. The van der Waals surface area contributed by atoms with Crippen LogP contribution in [0.3, 0.4) is 0 Å². The molecule has 1 aliphatic heterocycles. The fourth-order valence-electron chi connectivity index (χ4n) is 2.17. The van der Waals surface area contributed by atoms with E-state index in [-0.39, 0.29) is 30.0 Å². The number of carbonyl (C=O) groups is 1. The van der Waals surface area contributed by atoms with Gasteiger partial charge >= 0.3 is 0 Å². The number of aromatic nitrogens is 1. The molecule has 1 aromatic heterocycles. The number of amides is 1. The van der Waals surface area contributed by atoms with Gasteiger partial charge in [0.05, 0.1) is 17.2 Å². The maximum Gasteiger partial charge on any atom is 0.253 e. The fraction of sp³-hybridized carbons (Fsp3) is 0.500. The fourth-order valence-corrected chi connectivity index (χ4v) is 3.95. The van der Waals surface area contributed by atoms with Crippen molar-refractivity contribution in [3.8, 4) is 0 Å². The Morgan fingerprint density at radius 3 is 2.89 bits per heavy atom. The lowest BCUT2D eigenvalue weighted by Gasteiger charge is -2.23. The number of sulfone groups is 1. The summed E-state index contributed by atoms with van der Waals surface area (Å²) in [5.41, 5.74) is 6.61. The Hall–Kier alpha value is -1.47. The second-order valence-corrected chi connectivity index (χ2v) is 6.94. The predicted octanol–water partition coefficient (Wildman–Crippen LogP) is -0.201. The number of hydrogen-bond acceptors (Lipinski definition) is 5. The lowest BCUT2D eigenvalue weighted by Crippen LogP contribution is -2.37. The molecule has 1 atom stereocenters. The molecule has 1 amide bonds. The SMILES string of the molecule is CN(C(=O)c1ccnc(CN)c1)C1CCS(=O)(=O)C1. The molecule has 6 nitrogen and oxygen atoms in total. The molecule has 0 aromatic carbocycles. The van der Waals surface area contributed by atoms with E-state index in [1.165, 1.54) is 11.1 Å². The van der Waals surface area contributed by atoms with Gasteiger partial charge in [0.25, 0.3) is 5.91 Å². The van der Waals surface area contributed by atoms with Crippen molar-refractivity contribution in [1.82, 2.24) is 9.88 Å². The van der Waals surface area contributed by atoms with Crippen LogP contribution in [0.25, 0.3) is 0 Å². The number of hydrogen-bond donors (Lipinski definition) is 1. The van der Waals surface area contributed by atoms with Crippen LogP contribution < -0.4 is 5.73 Å². The Morgan fingerprint density at radius 2 is 2.32 bits per heavy atom. The molecule has 0 saturated carbocycles. The molecule has 2 rings (SSSR count). The highest BCUT2D eigenvalue weighted by molar-refractivity contribution is 7.91. The molecule has 1 unspecified atom stereocenters. The predicted molar refractivity (Wildman–Crippen MR) is 71.3 cm³/mol. The van der Waals surface area contributed by atoms with Crippen LogP contribution in [-0.4, -0.2) is 48.8 Å². The molecule has 0 radical (unpaired) electrons. The summed E-state index contributed by atoms with van der Waals surface area (Å²) in [4.78, 5) is 17.8. The first kappa shape index (κ1) is 14.0. The Balaban J connectivity index is 2.15. The van der Waals surface area contributed by atoms with Crippen molar-refractivity contribution in [2.45, 2.75) is 19.0 Å². The average Bonchev–Trinajstić information content (AvgIpc) is 2.77. The van der Waals surface area contributed by atoms with Gasteiger partial charge < -0.3 is 10.6 Å². The van der Waals surface area contributed by atoms with Crippen molar-refractivity contribution in [3.63, 3.8) is 0 Å². The van der Waals surface area contributed by atoms with E-state index >= 15 is 0 Å². The largest absolute Gasteiger partial charge is 0.338 e. The third kappa shape index (κ3) is 3.10. The summed E-state index contributed by atoms with van der Waals surface area (Å²) < 4.78 is 22.9. The van der Waals surface area contributed by atoms with Crippen LogP contribution in [0.5, 0.6) is 0 Å². The van der Waals surface area contributed by atoms with Crippen molar-refractivity contribution in [2.75, 3.05) is 18.6 Å². The van der Waals surface area contributed by atoms with Gasteiger partial charge in [0, 0.05) is 31.4 Å². The standard InChI is InChI=1S/C12H17N3O3S/c1-15(11-3-5-19(17,18)8-11)12(16)9-2-4-14-10(6-9)7-13/h2,4,6,11H,3,5,7-8,13H2,1H3. The topological polar surface area (TPSA) is 93.4 Å². The van der Waals surface area contributed by atoms with Crippen LogP contribution in [0, 0.1) is 0 Å². The van der Waals surface area contributed by atoms with E-state index in [1.54, 1.807) is 19.2 Å². The highest BCUT2D eigenvalue weighted by atomic mass is 32.2. The summed E-state index contributed by atoms with van der Waals surface area (Å²) in [5.74, 6) is 0.00298. The Bertz CT molecular complexity index is 586. The van der Waals surface area contributed by atoms with Crippen LogP contribution >= 0.6 is 0 Å². The third-order valence-corrected chi connectivity index (χ3v) is 5.10. The monoisotopic (exact) mass is 283 g/mol. The molecular formula is C12H17N3O3S. The summed E-state index contributed by atoms with van der Waals surface area (Å²) in [7, 11) is -1.36. The molecule has 2 heterocycles. The summed E-state index contributed by atoms with van der Waals surface area (Å²) in [6.07, 6.45) is 2.04. The van der Waals surface area contributed by atoms with E-state index < -0.39 is 9.84 Å². The van der Waals surface area contributed by atoms with Crippen LogP contribution in [0.4, 0.5) is 0 Å². The van der Waals surface area contributed by atoms with Crippen molar-refractivity contribution >= 4 is 15.7 Å². The van der Waals surface area contributed by atoms with Gasteiger partial charge in [-0.05, 0) is 18.6 Å². The van der Waals surface area contributed by atoms with Crippen molar-refractivity contribution in [3.05, 3.63) is 29.6 Å². The quantitative estimate of drug-likeness (QED) is 0.829. The van der Waals surface area contributed by atoms with E-state index in [4.69, 9.17) is 5.73 Å². The van der Waals surface area contributed by atoms with Gasteiger partial charge in [-0.15, -0.1) is 0 Å². The van der Waals surface area contributed by atoms with E-state index in [2.05, 4.69) is 4.98 Å². The maximum absolute atomic E-state index is 12.3. The molecule has 0 aliphatic carbocycles. The molecule has 19 heavy (non-hydrogen) atoms. The van der Waals surface area contributed by atoms with Gasteiger partial charge in [-0.3, -0.25) is 9.78 Å². The lowest BCUT2D eigenvalue weighted by atomic mass is 10.1. The summed E-state index contributed by atoms with van der Waals surface area (Å²) >= 11 is 0. The number of pyridine rings is 1. The van der Waals surface area contributed by atoms with E-state index in [0.29, 0.717) is 17.7 Å². The Morgan fingerprint density at radius 1 is 1.58 bits per heavy atom. The van der Waals surface area contributed by atoms with Crippen molar-refractivity contribution in [2.24, 2.45) is 5.73 Å². The number of carbonyl (C=O) groups excluding carboxylic acids is 1. The number of nitrogens with zero attached hydrogens (tertiary/aromatic N) is 2. The first-order valence-electron chi connectivity index (χ1n) is 6.05. The minimum atomic E-state index is -3.00. The van der Waals surface area contributed by atoms with Gasteiger partial charge in [-0.25, -0.2) is 8.42 Å². The smallest absolute Gasteiger partial charge is 0.253 e. The Kier molecular flexibility index (Phi) is 3.86. The molecule has 0 bridgehead atoms. The number of nitrogens with two attached hydrogens (primary N) is 1. The van der Waals surface area contributed by atoms with Crippen LogP contribution in [0.15, 0.2) is 18.3 Å². The molecule has 2 N–H and O–H groups in total. The highest BCUT2D eigenvalue weighted by Crippen LogP contribution is 2.18. The number of rotatable bonds is 3. The van der Waals surface area contributed by atoms with Crippen LogP contribution in [0.2, 0.25) is 0 Å². The second kappa shape index (κ2) is 5.26. The molecule has 1 aromatic rings. The first-order chi connectivity index (χ1) is 8.93. The molecule has 104 valence electrons. The maximum atomic E-state index is 12.3. The molecule has 1 fully saturated rings. The zero-order chi connectivity index (χ0) is 14.0. The van der Waals surface area contributed by atoms with E-state index in [1.807, 2.05) is 0 Å². The van der Waals surface area contributed by atoms with E-state index in [0.717, 1.165) is 0 Å². The van der Waals surface area contributed by atoms with Crippen molar-refractivity contribution < 1.29 is 13.2 Å².